The van der Waals surface area contributed by atoms with Gasteiger partial charge in [0.2, 0.25) is 0 Å². The van der Waals surface area contributed by atoms with E-state index in [0.29, 0.717) is 12.5 Å². The van der Waals surface area contributed by atoms with E-state index in [1.54, 1.807) is 0 Å². The summed E-state index contributed by atoms with van der Waals surface area (Å²) in [4.78, 5) is 0. The zero-order chi connectivity index (χ0) is 20.8. The van der Waals surface area contributed by atoms with Crippen molar-refractivity contribution in [3.05, 3.63) is 64.7 Å². The molecule has 1 aliphatic rings. The number of ether oxygens (including phenoxy) is 1. The van der Waals surface area contributed by atoms with E-state index in [-0.39, 0.29) is 11.3 Å². The highest BCUT2D eigenvalue weighted by atomic mass is 19.2. The van der Waals surface area contributed by atoms with Crippen molar-refractivity contribution in [1.82, 2.24) is 0 Å². The third-order valence-corrected chi connectivity index (χ3v) is 5.42. The summed E-state index contributed by atoms with van der Waals surface area (Å²) in [6, 6.07) is 5.26. The molecule has 154 valence electrons. The normalized spacial score (nSPS) is 18.8. The van der Waals surface area contributed by atoms with E-state index in [2.05, 4.69) is 18.8 Å². The van der Waals surface area contributed by atoms with Gasteiger partial charge in [0.1, 0.15) is 17.4 Å². The third-order valence-electron chi connectivity index (χ3n) is 5.42. The van der Waals surface area contributed by atoms with Gasteiger partial charge in [-0.2, -0.15) is 0 Å². The summed E-state index contributed by atoms with van der Waals surface area (Å²) >= 11 is 0. The summed E-state index contributed by atoms with van der Waals surface area (Å²) in [6.45, 7) is 2.64. The van der Waals surface area contributed by atoms with Crippen LogP contribution in [0.5, 0.6) is 5.75 Å². The third kappa shape index (κ3) is 5.76. The van der Waals surface area contributed by atoms with Gasteiger partial charge < -0.3 is 4.74 Å². The summed E-state index contributed by atoms with van der Waals surface area (Å²) in [5.41, 5.74) is -0.302. The van der Waals surface area contributed by atoms with Crippen LogP contribution in [0.25, 0.3) is 0 Å². The van der Waals surface area contributed by atoms with Crippen molar-refractivity contribution >= 4 is 0 Å². The van der Waals surface area contributed by atoms with Gasteiger partial charge in [-0.1, -0.05) is 44.4 Å². The Morgan fingerprint density at radius 1 is 0.828 bits per heavy atom. The second-order valence-electron chi connectivity index (χ2n) is 7.63. The molecule has 2 aromatic carbocycles. The van der Waals surface area contributed by atoms with Crippen molar-refractivity contribution in [2.45, 2.75) is 45.4 Å². The first-order valence-electron chi connectivity index (χ1n) is 10.0. The molecule has 0 aliphatic heterocycles. The number of hydrogen-bond donors (Lipinski definition) is 0. The number of rotatable bonds is 5. The molecule has 29 heavy (non-hydrogen) atoms. The first-order chi connectivity index (χ1) is 14.0. The van der Waals surface area contributed by atoms with Gasteiger partial charge in [0, 0.05) is 17.7 Å². The van der Waals surface area contributed by atoms with E-state index >= 15 is 0 Å². The maximum atomic E-state index is 14.3. The highest BCUT2D eigenvalue weighted by Gasteiger charge is 2.21. The van der Waals surface area contributed by atoms with Crippen LogP contribution in [-0.4, -0.2) is 6.61 Å². The van der Waals surface area contributed by atoms with Crippen molar-refractivity contribution < 1.29 is 22.3 Å². The molecule has 0 radical (unpaired) electrons. The van der Waals surface area contributed by atoms with Crippen LogP contribution in [0.4, 0.5) is 17.6 Å². The van der Waals surface area contributed by atoms with Crippen LogP contribution in [0.3, 0.4) is 0 Å². The smallest absolute Gasteiger partial charge is 0.160 e. The fourth-order valence-electron chi connectivity index (χ4n) is 3.77. The SMILES string of the molecule is CCCC1CCC(COc2cc(F)c(C#Cc3ccc(F)c(F)c3)c(F)c2)CC1. The maximum Gasteiger partial charge on any atom is 0.160 e. The number of benzene rings is 2. The van der Waals surface area contributed by atoms with Crippen LogP contribution >= 0.6 is 0 Å². The van der Waals surface area contributed by atoms with Gasteiger partial charge in [-0.15, -0.1) is 0 Å². The molecule has 1 aliphatic carbocycles. The zero-order valence-corrected chi connectivity index (χ0v) is 16.4. The van der Waals surface area contributed by atoms with E-state index in [1.165, 1.54) is 31.7 Å². The summed E-state index contributed by atoms with van der Waals surface area (Å²) in [5, 5.41) is 0. The second-order valence-corrected chi connectivity index (χ2v) is 7.63. The van der Waals surface area contributed by atoms with Crippen LogP contribution in [0.1, 0.15) is 56.6 Å². The van der Waals surface area contributed by atoms with Crippen LogP contribution in [-0.2, 0) is 0 Å². The first-order valence-corrected chi connectivity index (χ1v) is 10.0. The number of halogens is 4. The molecule has 0 spiro atoms. The van der Waals surface area contributed by atoms with Crippen LogP contribution in [0.15, 0.2) is 30.3 Å². The molecule has 2 aromatic rings. The van der Waals surface area contributed by atoms with E-state index in [4.69, 9.17) is 4.74 Å². The Morgan fingerprint density at radius 3 is 2.10 bits per heavy atom. The van der Waals surface area contributed by atoms with Crippen LogP contribution in [0.2, 0.25) is 0 Å². The standard InChI is InChI=1S/C24H24F4O/c1-2-3-16-4-6-18(7-5-16)15-29-19-13-22(26)20(23(27)14-19)10-8-17-9-11-21(25)24(28)12-17/h9,11-14,16,18H,2-7,15H2,1H3. The quantitative estimate of drug-likeness (QED) is 0.402. The molecular formula is C24H24F4O. The molecule has 5 heteroatoms. The maximum absolute atomic E-state index is 14.3. The molecule has 0 unspecified atom stereocenters. The van der Waals surface area contributed by atoms with Gasteiger partial charge in [0.05, 0.1) is 12.2 Å². The predicted octanol–water partition coefficient (Wildman–Crippen LogP) is 6.63. The average Bonchev–Trinajstić information content (AvgIpc) is 2.70. The lowest BCUT2D eigenvalue weighted by molar-refractivity contribution is 0.178. The Balaban J connectivity index is 1.62. The van der Waals surface area contributed by atoms with Crippen molar-refractivity contribution in [2.24, 2.45) is 11.8 Å². The van der Waals surface area contributed by atoms with Gasteiger partial charge in [0.15, 0.2) is 11.6 Å². The van der Waals surface area contributed by atoms with Gasteiger partial charge >= 0.3 is 0 Å². The van der Waals surface area contributed by atoms with Crippen molar-refractivity contribution in [3.63, 3.8) is 0 Å². The Hall–Kier alpha value is -2.48. The van der Waals surface area contributed by atoms with E-state index in [0.717, 1.165) is 43.0 Å². The Labute approximate surface area is 169 Å². The van der Waals surface area contributed by atoms with Gasteiger partial charge in [-0.3, -0.25) is 0 Å². The summed E-state index contributed by atoms with van der Waals surface area (Å²) in [5.74, 6) is 2.37. The van der Waals surface area contributed by atoms with Crippen LogP contribution < -0.4 is 4.74 Å². The van der Waals surface area contributed by atoms with Crippen molar-refractivity contribution in [1.29, 1.82) is 0 Å². The molecule has 1 fully saturated rings. The van der Waals surface area contributed by atoms with Gasteiger partial charge in [-0.05, 0) is 42.9 Å². The molecule has 0 bridgehead atoms. The average molecular weight is 404 g/mol. The Bertz CT molecular complexity index is 882. The van der Waals surface area contributed by atoms with E-state index < -0.39 is 28.8 Å². The van der Waals surface area contributed by atoms with Gasteiger partial charge in [-0.25, -0.2) is 17.6 Å². The fraction of sp³-hybridized carbons (Fsp3) is 0.417. The molecule has 1 nitrogen and oxygen atoms in total. The minimum absolute atomic E-state index is 0.127. The molecule has 0 amide bonds. The summed E-state index contributed by atoms with van der Waals surface area (Å²) in [7, 11) is 0. The molecule has 0 heterocycles. The molecule has 1 saturated carbocycles. The monoisotopic (exact) mass is 404 g/mol. The highest BCUT2D eigenvalue weighted by Crippen LogP contribution is 2.32. The van der Waals surface area contributed by atoms with E-state index in [1.807, 2.05) is 0 Å². The van der Waals surface area contributed by atoms with E-state index in [9.17, 15) is 17.6 Å². The Kier molecular flexibility index (Phi) is 7.19. The van der Waals surface area contributed by atoms with Crippen molar-refractivity contribution in [3.8, 4) is 17.6 Å². The lowest BCUT2D eigenvalue weighted by Gasteiger charge is -2.28. The molecule has 0 atom stereocenters. The largest absolute Gasteiger partial charge is 0.493 e. The summed E-state index contributed by atoms with van der Waals surface area (Å²) in [6.07, 6.45) is 6.99. The zero-order valence-electron chi connectivity index (χ0n) is 16.4. The Morgan fingerprint density at radius 2 is 1.48 bits per heavy atom. The minimum atomic E-state index is -1.06. The lowest BCUT2D eigenvalue weighted by atomic mass is 9.80. The first kappa shape index (κ1) is 21.2. The molecule has 0 aromatic heterocycles. The van der Waals surface area contributed by atoms with Crippen LogP contribution in [0, 0.1) is 46.9 Å². The molecule has 0 saturated heterocycles. The molecule has 3 rings (SSSR count). The topological polar surface area (TPSA) is 9.23 Å². The van der Waals surface area contributed by atoms with Gasteiger partial charge in [0.25, 0.3) is 0 Å². The predicted molar refractivity (Wildman–Crippen MR) is 105 cm³/mol. The minimum Gasteiger partial charge on any atom is -0.493 e. The number of hydrogen-bond acceptors (Lipinski definition) is 1. The summed E-state index contributed by atoms with van der Waals surface area (Å²) < 4.78 is 60.4. The highest BCUT2D eigenvalue weighted by molar-refractivity contribution is 5.46. The second kappa shape index (κ2) is 9.82. The molecule has 0 N–H and O–H groups in total. The fourth-order valence-corrected chi connectivity index (χ4v) is 3.77. The van der Waals surface area contributed by atoms with Crippen molar-refractivity contribution in [2.75, 3.05) is 6.61 Å². The lowest BCUT2D eigenvalue weighted by Crippen LogP contribution is -2.20. The molecular weight excluding hydrogens is 380 g/mol.